The Morgan fingerprint density at radius 3 is 2.44 bits per heavy atom. The Balaban J connectivity index is 2.13. The summed E-state index contributed by atoms with van der Waals surface area (Å²) in [6, 6.07) is 7.66. The van der Waals surface area contributed by atoms with Gasteiger partial charge in [0.2, 0.25) is 5.69 Å². The Kier molecular flexibility index (Phi) is 5.13. The minimum atomic E-state index is -0.0550. The van der Waals surface area contributed by atoms with Crippen molar-refractivity contribution in [3.63, 3.8) is 0 Å². The fourth-order valence-electron chi connectivity index (χ4n) is 2.35. The van der Waals surface area contributed by atoms with Crippen molar-refractivity contribution in [1.82, 2.24) is 5.16 Å². The maximum absolute atomic E-state index is 11.6. The molecule has 0 aliphatic heterocycles. The van der Waals surface area contributed by atoms with Gasteiger partial charge in [0.25, 0.3) is 5.69 Å². The summed E-state index contributed by atoms with van der Waals surface area (Å²) in [5.74, 6) is 0.801. The highest BCUT2D eigenvalue weighted by Crippen LogP contribution is 2.41. The van der Waals surface area contributed by atoms with Gasteiger partial charge in [-0.15, -0.1) is 5.11 Å². The standard InChI is InChI=1S/C17H15ClN4O5/c1-9-17(21-27-22(9)24)11-7-15(25-2)16(26-3)8-13(11)20-19-10-4-5-14(23)12(18)6-10/h4-8,23H,1-3H3. The number of rotatable bonds is 5. The molecule has 27 heavy (non-hydrogen) atoms. The highest BCUT2D eigenvalue weighted by Gasteiger charge is 2.23. The third-order valence-corrected chi connectivity index (χ3v) is 4.09. The van der Waals surface area contributed by atoms with Crippen molar-refractivity contribution in [2.24, 2.45) is 10.2 Å². The van der Waals surface area contributed by atoms with Gasteiger partial charge in [0.1, 0.15) is 11.4 Å². The minimum Gasteiger partial charge on any atom is -0.506 e. The molecule has 10 heteroatoms. The van der Waals surface area contributed by atoms with Gasteiger partial charge in [-0.2, -0.15) is 5.11 Å². The molecule has 1 aromatic heterocycles. The number of phenols is 1. The van der Waals surface area contributed by atoms with Crippen molar-refractivity contribution >= 4 is 23.0 Å². The average Bonchev–Trinajstić information content (AvgIpc) is 3.00. The Morgan fingerprint density at radius 1 is 1.15 bits per heavy atom. The zero-order chi connectivity index (χ0) is 19.6. The van der Waals surface area contributed by atoms with Gasteiger partial charge in [-0.3, -0.25) is 4.63 Å². The number of hydrogen-bond donors (Lipinski definition) is 1. The lowest BCUT2D eigenvalue weighted by atomic mass is 10.1. The number of hydrogen-bond acceptors (Lipinski definition) is 8. The van der Waals surface area contributed by atoms with E-state index in [0.717, 1.165) is 0 Å². The number of azo groups is 1. The molecule has 0 saturated heterocycles. The van der Waals surface area contributed by atoms with Crippen LogP contribution in [0.5, 0.6) is 17.2 Å². The summed E-state index contributed by atoms with van der Waals surface area (Å²) in [6.45, 7) is 1.57. The van der Waals surface area contributed by atoms with Crippen LogP contribution in [0.4, 0.5) is 11.4 Å². The maximum atomic E-state index is 11.6. The van der Waals surface area contributed by atoms with E-state index in [1.165, 1.54) is 26.4 Å². The first kappa shape index (κ1) is 18.5. The predicted molar refractivity (Wildman–Crippen MR) is 96.0 cm³/mol. The van der Waals surface area contributed by atoms with Crippen LogP contribution in [-0.4, -0.2) is 24.5 Å². The molecule has 1 heterocycles. The van der Waals surface area contributed by atoms with E-state index < -0.39 is 0 Å². The van der Waals surface area contributed by atoms with Crippen LogP contribution < -0.4 is 14.4 Å². The number of phenolic OH excluding ortho intramolecular Hbond substituents is 1. The lowest BCUT2D eigenvalue weighted by Gasteiger charge is -2.10. The van der Waals surface area contributed by atoms with Crippen molar-refractivity contribution in [3.8, 4) is 28.5 Å². The molecular formula is C17H15ClN4O5. The summed E-state index contributed by atoms with van der Waals surface area (Å²) < 4.78 is 15.3. The predicted octanol–water partition coefficient (Wildman–Crippen LogP) is 4.08. The zero-order valence-corrected chi connectivity index (χ0v) is 15.4. The van der Waals surface area contributed by atoms with Crippen LogP contribution in [0.25, 0.3) is 11.3 Å². The van der Waals surface area contributed by atoms with Gasteiger partial charge in [-0.25, -0.2) is 0 Å². The third-order valence-electron chi connectivity index (χ3n) is 3.78. The fourth-order valence-corrected chi connectivity index (χ4v) is 2.52. The molecule has 0 bridgehead atoms. The van der Waals surface area contributed by atoms with Crippen molar-refractivity contribution in [3.05, 3.63) is 46.3 Å². The Hall–Kier alpha value is -3.33. The molecule has 1 N–H and O–H groups in total. The van der Waals surface area contributed by atoms with Crippen molar-refractivity contribution in [2.75, 3.05) is 14.2 Å². The molecular weight excluding hydrogens is 376 g/mol. The molecule has 0 unspecified atom stereocenters. The van der Waals surface area contributed by atoms with Gasteiger partial charge in [0.15, 0.2) is 11.5 Å². The van der Waals surface area contributed by atoms with E-state index in [1.807, 2.05) is 0 Å². The quantitative estimate of drug-likeness (QED) is 0.518. The van der Waals surface area contributed by atoms with Gasteiger partial charge >= 0.3 is 0 Å². The molecule has 0 aliphatic rings. The number of methoxy groups -OCH3 is 2. The number of benzene rings is 2. The van der Waals surface area contributed by atoms with Crippen LogP contribution in [0, 0.1) is 12.1 Å². The monoisotopic (exact) mass is 390 g/mol. The van der Waals surface area contributed by atoms with Gasteiger partial charge in [-0.1, -0.05) is 11.6 Å². The first-order valence-corrected chi connectivity index (χ1v) is 8.05. The second kappa shape index (κ2) is 7.50. The normalized spacial score (nSPS) is 11.1. The van der Waals surface area contributed by atoms with Crippen molar-refractivity contribution in [1.29, 1.82) is 0 Å². The smallest absolute Gasteiger partial charge is 0.253 e. The van der Waals surface area contributed by atoms with Crippen molar-refractivity contribution < 1.29 is 24.1 Å². The van der Waals surface area contributed by atoms with Crippen LogP contribution in [-0.2, 0) is 0 Å². The Bertz CT molecular complexity index is 1020. The molecule has 0 aliphatic carbocycles. The number of halogens is 1. The van der Waals surface area contributed by atoms with E-state index in [0.29, 0.717) is 39.0 Å². The van der Waals surface area contributed by atoms with Crippen LogP contribution in [0.2, 0.25) is 5.02 Å². The van der Waals surface area contributed by atoms with E-state index in [2.05, 4.69) is 20.0 Å². The summed E-state index contributed by atoms with van der Waals surface area (Å²) in [6.07, 6.45) is 0. The second-order valence-corrected chi connectivity index (χ2v) is 5.83. The molecule has 0 radical (unpaired) electrons. The average molecular weight is 391 g/mol. The fraction of sp³-hybridized carbons (Fsp3) is 0.176. The molecule has 3 rings (SSSR count). The summed E-state index contributed by atoms with van der Waals surface area (Å²) in [7, 11) is 2.98. The zero-order valence-electron chi connectivity index (χ0n) is 14.6. The highest BCUT2D eigenvalue weighted by atomic mass is 35.5. The molecule has 140 valence electrons. The lowest BCUT2D eigenvalue weighted by molar-refractivity contribution is -0.806. The summed E-state index contributed by atoms with van der Waals surface area (Å²) in [5, 5.41) is 33.4. The summed E-state index contributed by atoms with van der Waals surface area (Å²) in [4.78, 5) is 0.298. The molecule has 3 aromatic rings. The molecule has 0 fully saturated rings. The van der Waals surface area contributed by atoms with E-state index in [4.69, 9.17) is 21.1 Å². The maximum Gasteiger partial charge on any atom is 0.253 e. The largest absolute Gasteiger partial charge is 0.506 e. The van der Waals surface area contributed by atoms with Crippen LogP contribution >= 0.6 is 11.6 Å². The van der Waals surface area contributed by atoms with E-state index >= 15 is 0 Å². The Morgan fingerprint density at radius 2 is 1.85 bits per heavy atom. The lowest BCUT2D eigenvalue weighted by Crippen LogP contribution is -2.25. The molecule has 0 saturated carbocycles. The van der Waals surface area contributed by atoms with Crippen molar-refractivity contribution in [2.45, 2.75) is 6.92 Å². The van der Waals surface area contributed by atoms with Gasteiger partial charge in [-0.05, 0) is 29.2 Å². The van der Waals surface area contributed by atoms with E-state index in [9.17, 15) is 10.3 Å². The molecule has 0 atom stereocenters. The molecule has 2 aromatic carbocycles. The van der Waals surface area contributed by atoms with E-state index in [1.54, 1.807) is 25.1 Å². The van der Waals surface area contributed by atoms with Gasteiger partial charge in [0.05, 0.1) is 30.5 Å². The minimum absolute atomic E-state index is 0.0550. The Labute approximate surface area is 159 Å². The molecule has 9 nitrogen and oxygen atoms in total. The third kappa shape index (κ3) is 3.63. The van der Waals surface area contributed by atoms with Crippen LogP contribution in [0.3, 0.4) is 0 Å². The summed E-state index contributed by atoms with van der Waals surface area (Å²) in [5.41, 5.74) is 1.82. The number of aromatic nitrogens is 2. The topological polar surface area (TPSA) is 116 Å². The SMILES string of the molecule is COc1cc(N=Nc2ccc(O)c(Cl)c2)c(-c2no[n+]([O-])c2C)cc1OC. The highest BCUT2D eigenvalue weighted by molar-refractivity contribution is 6.32. The number of aromatic hydroxyl groups is 1. The number of nitrogens with zero attached hydrogens (tertiary/aromatic N) is 4. The van der Waals surface area contributed by atoms with Gasteiger partial charge < -0.3 is 19.8 Å². The first-order chi connectivity index (χ1) is 12.9. The second-order valence-electron chi connectivity index (χ2n) is 5.42. The van der Waals surface area contributed by atoms with Crippen LogP contribution in [0.1, 0.15) is 5.69 Å². The van der Waals surface area contributed by atoms with Crippen LogP contribution in [0.15, 0.2) is 45.2 Å². The van der Waals surface area contributed by atoms with Gasteiger partial charge in [0, 0.05) is 18.1 Å². The summed E-state index contributed by atoms with van der Waals surface area (Å²) >= 11 is 5.89. The molecule has 0 spiro atoms. The van der Waals surface area contributed by atoms with E-state index in [-0.39, 0.29) is 16.5 Å². The molecule has 0 amide bonds. The first-order valence-electron chi connectivity index (χ1n) is 7.67. The number of ether oxygens (including phenoxy) is 2.